The molecule has 13 heteroatoms. The molecule has 5 N–H and O–H groups in total. The number of hydrogen-bond acceptors (Lipinski definition) is 10. The van der Waals surface area contributed by atoms with Gasteiger partial charge in [0.05, 0.1) is 0 Å². The van der Waals surface area contributed by atoms with Crippen LogP contribution in [0.15, 0.2) is 30.3 Å². The molecule has 250 valence electrons. The van der Waals surface area contributed by atoms with Crippen LogP contribution in [0, 0.1) is 17.8 Å². The Kier molecular flexibility index (Phi) is 11.5. The normalized spacial score (nSPS) is 31.0. The van der Waals surface area contributed by atoms with Gasteiger partial charge >= 0.3 is 23.9 Å². The molecular formula is C32H44O13. The Morgan fingerprint density at radius 1 is 0.933 bits per heavy atom. The monoisotopic (exact) mass is 636 g/mol. The van der Waals surface area contributed by atoms with E-state index in [-0.39, 0.29) is 31.0 Å². The van der Waals surface area contributed by atoms with E-state index in [0.29, 0.717) is 18.8 Å². The fraction of sp³-hybridized carbons (Fsp3) is 0.656. The molecule has 1 aromatic carbocycles. The maximum absolute atomic E-state index is 13.0. The topological polar surface area (TPSA) is 214 Å². The number of aliphatic carboxylic acids is 3. The summed E-state index contributed by atoms with van der Waals surface area (Å²) in [6.45, 7) is 7.59. The zero-order valence-electron chi connectivity index (χ0n) is 26.0. The van der Waals surface area contributed by atoms with Gasteiger partial charge in [-0.15, -0.1) is 0 Å². The lowest BCUT2D eigenvalue weighted by molar-refractivity contribution is -0.374. The van der Waals surface area contributed by atoms with Crippen molar-refractivity contribution in [2.45, 2.75) is 114 Å². The quantitative estimate of drug-likeness (QED) is 0.156. The average molecular weight is 637 g/mol. The van der Waals surface area contributed by atoms with Gasteiger partial charge in [0.1, 0.15) is 11.9 Å². The summed E-state index contributed by atoms with van der Waals surface area (Å²) in [5, 5.41) is 53.0. The van der Waals surface area contributed by atoms with Crippen LogP contribution in [-0.4, -0.2) is 90.5 Å². The summed E-state index contributed by atoms with van der Waals surface area (Å²) in [6.07, 6.45) is -5.51. The van der Waals surface area contributed by atoms with Crippen LogP contribution >= 0.6 is 0 Å². The highest BCUT2D eigenvalue weighted by Gasteiger charge is 2.85. The first-order valence-corrected chi connectivity index (χ1v) is 15.3. The van der Waals surface area contributed by atoms with Crippen molar-refractivity contribution >= 4 is 29.7 Å². The highest BCUT2D eigenvalue weighted by molar-refractivity contribution is 5.98. The Morgan fingerprint density at radius 2 is 1.58 bits per heavy atom. The van der Waals surface area contributed by atoms with Crippen molar-refractivity contribution in [3.63, 3.8) is 0 Å². The number of ketones is 1. The number of carboxylic acids is 3. The van der Waals surface area contributed by atoms with Gasteiger partial charge in [0.15, 0.2) is 6.10 Å². The lowest BCUT2D eigenvalue weighted by Crippen LogP contribution is -2.78. The molecule has 0 aliphatic carbocycles. The minimum absolute atomic E-state index is 0.0767. The first kappa shape index (κ1) is 36.1. The molecule has 13 nitrogen and oxygen atoms in total. The highest BCUT2D eigenvalue weighted by Crippen LogP contribution is 2.55. The molecular weight excluding hydrogens is 592 g/mol. The maximum Gasteiger partial charge on any atom is 0.344 e. The second-order valence-electron chi connectivity index (χ2n) is 12.5. The number of rotatable bonds is 17. The number of aliphatic hydroxyl groups excluding tert-OH is 1. The van der Waals surface area contributed by atoms with Gasteiger partial charge in [-0.25, -0.2) is 14.4 Å². The van der Waals surface area contributed by atoms with E-state index in [1.165, 1.54) is 0 Å². The van der Waals surface area contributed by atoms with Crippen LogP contribution < -0.4 is 0 Å². The lowest BCUT2D eigenvalue weighted by Gasteiger charge is -2.48. The first-order valence-electron chi connectivity index (χ1n) is 15.3. The van der Waals surface area contributed by atoms with E-state index in [1.807, 2.05) is 44.2 Å². The van der Waals surface area contributed by atoms with E-state index >= 15 is 0 Å². The Balaban J connectivity index is 1.90. The van der Waals surface area contributed by atoms with Gasteiger partial charge in [0.25, 0.3) is 0 Å². The number of carbonyl (C=O) groups excluding carboxylic acids is 2. The third-order valence-corrected chi connectivity index (χ3v) is 9.18. The molecule has 0 saturated carbocycles. The van der Waals surface area contributed by atoms with Gasteiger partial charge in [-0.2, -0.15) is 0 Å². The number of aliphatic hydroxyl groups is 2. The Bertz CT molecular complexity index is 1250. The Labute approximate surface area is 261 Å². The van der Waals surface area contributed by atoms with E-state index in [9.17, 15) is 49.5 Å². The minimum atomic E-state index is -3.84. The molecule has 2 heterocycles. The highest BCUT2D eigenvalue weighted by atomic mass is 16.8. The van der Waals surface area contributed by atoms with Crippen molar-refractivity contribution in [2.24, 2.45) is 17.8 Å². The van der Waals surface area contributed by atoms with Crippen molar-refractivity contribution in [3.8, 4) is 0 Å². The van der Waals surface area contributed by atoms with Crippen LogP contribution in [0.5, 0.6) is 0 Å². The minimum Gasteiger partial charge on any atom is -0.479 e. The summed E-state index contributed by atoms with van der Waals surface area (Å²) >= 11 is 0. The van der Waals surface area contributed by atoms with E-state index in [0.717, 1.165) is 18.4 Å². The SMILES string of the molecule is CC[C@H](C)C[C@H](C)CCC(=O)O[C@@H]1[C@@H](O)[C@@]2(CCC(C)C(=O)CCc3ccccc3)O[C@H](C(=O)O)[C@@](O)(C(=O)O)[C@]1(C(=O)O)O2. The smallest absolute Gasteiger partial charge is 0.344 e. The number of fused-ring (bicyclic) bond motifs is 2. The predicted molar refractivity (Wildman–Crippen MR) is 156 cm³/mol. The molecule has 2 fully saturated rings. The predicted octanol–water partition coefficient (Wildman–Crippen LogP) is 2.58. The number of carboxylic acid groups (broad SMARTS) is 3. The van der Waals surface area contributed by atoms with Crippen molar-refractivity contribution < 1.29 is 63.7 Å². The average Bonchev–Trinajstić information content (AvgIpc) is 3.21. The summed E-state index contributed by atoms with van der Waals surface area (Å²) in [5.41, 5.74) is -6.38. The van der Waals surface area contributed by atoms with Gasteiger partial charge in [-0.05, 0) is 43.1 Å². The summed E-state index contributed by atoms with van der Waals surface area (Å²) in [5.74, 6) is -10.6. The number of esters is 1. The maximum atomic E-state index is 13.0. The summed E-state index contributed by atoms with van der Waals surface area (Å²) in [7, 11) is 0. The molecule has 0 spiro atoms. The molecule has 2 saturated heterocycles. The fourth-order valence-corrected chi connectivity index (χ4v) is 6.22. The van der Waals surface area contributed by atoms with Crippen LogP contribution in [-0.2, 0) is 44.6 Å². The molecule has 1 unspecified atom stereocenters. The van der Waals surface area contributed by atoms with Crippen LogP contribution in [0.1, 0.15) is 78.2 Å². The molecule has 3 rings (SSSR count). The third-order valence-electron chi connectivity index (χ3n) is 9.18. The molecule has 0 radical (unpaired) electrons. The molecule has 2 aliphatic rings. The van der Waals surface area contributed by atoms with Crippen molar-refractivity contribution in [2.75, 3.05) is 0 Å². The Hall–Kier alpha value is -3.39. The summed E-state index contributed by atoms with van der Waals surface area (Å²) in [6, 6.07) is 9.25. The Morgan fingerprint density at radius 3 is 2.13 bits per heavy atom. The van der Waals surface area contributed by atoms with Crippen molar-refractivity contribution in [3.05, 3.63) is 35.9 Å². The van der Waals surface area contributed by atoms with Crippen LogP contribution in [0.25, 0.3) is 0 Å². The summed E-state index contributed by atoms with van der Waals surface area (Å²) in [4.78, 5) is 63.4. The zero-order valence-corrected chi connectivity index (χ0v) is 26.0. The summed E-state index contributed by atoms with van der Waals surface area (Å²) < 4.78 is 16.4. The lowest BCUT2D eigenvalue weighted by atomic mass is 9.74. The second-order valence-corrected chi connectivity index (χ2v) is 12.5. The molecule has 9 atom stereocenters. The zero-order chi connectivity index (χ0) is 33.7. The first-order chi connectivity index (χ1) is 21.1. The van der Waals surface area contributed by atoms with E-state index < -0.39 is 71.5 Å². The molecule has 45 heavy (non-hydrogen) atoms. The molecule has 2 aliphatic heterocycles. The van der Waals surface area contributed by atoms with Gasteiger partial charge in [0.2, 0.25) is 23.1 Å². The molecule has 0 aromatic heterocycles. The van der Waals surface area contributed by atoms with Gasteiger partial charge in [-0.3, -0.25) is 9.59 Å². The number of aryl methyl sites for hydroxylation is 1. The van der Waals surface area contributed by atoms with E-state index in [2.05, 4.69) is 6.92 Å². The number of Topliss-reactive ketones (excluding diaryl/α,β-unsaturated/α-hetero) is 1. The number of benzene rings is 1. The van der Waals surface area contributed by atoms with Crippen LogP contribution in [0.3, 0.4) is 0 Å². The van der Waals surface area contributed by atoms with Crippen LogP contribution in [0.4, 0.5) is 0 Å². The largest absolute Gasteiger partial charge is 0.479 e. The van der Waals surface area contributed by atoms with Gasteiger partial charge < -0.3 is 39.7 Å². The molecule has 2 bridgehead atoms. The second kappa shape index (κ2) is 14.4. The van der Waals surface area contributed by atoms with Gasteiger partial charge in [-0.1, -0.05) is 64.4 Å². The number of carbonyl (C=O) groups is 5. The third kappa shape index (κ3) is 7.06. The number of ether oxygens (including phenoxy) is 3. The standard InChI is InChI=1S/C32H44O13/c1-5-18(2)17-19(3)11-14-23(34)43-25-24(35)30(16-15-20(4)22(33)13-12-21-9-7-6-8-10-21)44-26(27(36)37)31(42,28(38)39)32(25,45-30)29(40)41/h6-10,18-20,24-26,35,42H,5,11-17H2,1-4H3,(H,36,37)(H,38,39)(H,40,41)/t18-,19+,20?,24+,25+,26+,30-,31+,32-/m0/s1. The van der Waals surface area contributed by atoms with Crippen molar-refractivity contribution in [1.29, 1.82) is 0 Å². The molecule has 0 amide bonds. The number of hydrogen-bond donors (Lipinski definition) is 5. The molecule has 1 aromatic rings. The van der Waals surface area contributed by atoms with Crippen molar-refractivity contribution in [1.82, 2.24) is 0 Å². The van der Waals surface area contributed by atoms with E-state index in [1.54, 1.807) is 6.92 Å². The van der Waals surface area contributed by atoms with Gasteiger partial charge in [0, 0.05) is 25.2 Å². The fourth-order valence-electron chi connectivity index (χ4n) is 6.22. The van der Waals surface area contributed by atoms with Crippen LogP contribution in [0.2, 0.25) is 0 Å². The van der Waals surface area contributed by atoms with E-state index in [4.69, 9.17) is 14.2 Å².